The lowest BCUT2D eigenvalue weighted by atomic mass is 9.55. The smallest absolute Gasteiger partial charge is 0.342 e. The van der Waals surface area contributed by atoms with Crippen LogP contribution in [0.4, 0.5) is 0 Å². The Morgan fingerprint density at radius 3 is 2.74 bits per heavy atom. The van der Waals surface area contributed by atoms with Crippen molar-refractivity contribution >= 4 is 17.5 Å². The van der Waals surface area contributed by atoms with E-state index in [0.29, 0.717) is 42.4 Å². The minimum atomic E-state index is -0.704. The Morgan fingerprint density at radius 2 is 2.00 bits per heavy atom. The molecule has 1 saturated carbocycles. The predicted molar refractivity (Wildman–Crippen MR) is 93.4 cm³/mol. The van der Waals surface area contributed by atoms with Gasteiger partial charge in [0.15, 0.2) is 5.76 Å². The molecule has 4 atom stereocenters. The molecule has 1 aromatic heterocycles. The second-order valence-electron chi connectivity index (χ2n) is 8.62. The van der Waals surface area contributed by atoms with Crippen LogP contribution in [0.3, 0.4) is 0 Å². The molecule has 1 aliphatic heterocycles. The van der Waals surface area contributed by atoms with Crippen molar-refractivity contribution in [3.8, 4) is 0 Å². The van der Waals surface area contributed by atoms with Crippen LogP contribution in [-0.2, 0) is 14.9 Å². The molecule has 1 N–H and O–H groups in total. The van der Waals surface area contributed by atoms with Crippen LogP contribution in [-0.4, -0.2) is 35.4 Å². The van der Waals surface area contributed by atoms with Crippen molar-refractivity contribution in [2.75, 3.05) is 6.61 Å². The molecular weight excluding hydrogens is 348 g/mol. The highest BCUT2D eigenvalue weighted by Gasteiger charge is 2.61. The fourth-order valence-corrected chi connectivity index (χ4v) is 6.01. The first-order valence-electron chi connectivity index (χ1n) is 9.59. The zero-order valence-electron chi connectivity index (χ0n) is 15.5. The number of aliphatic hydroxyl groups excluding tert-OH is 1. The van der Waals surface area contributed by atoms with E-state index in [2.05, 4.69) is 0 Å². The van der Waals surface area contributed by atoms with Crippen LogP contribution >= 0.6 is 0 Å². The van der Waals surface area contributed by atoms with Gasteiger partial charge in [-0.05, 0) is 31.8 Å². The average molecular weight is 370 g/mol. The molecular formula is C21H22O6. The molecule has 0 radical (unpaired) electrons. The largest absolute Gasteiger partial charge is 0.460 e. The third-order valence-electron chi connectivity index (χ3n) is 7.53. The van der Waals surface area contributed by atoms with Gasteiger partial charge in [-0.2, -0.15) is 0 Å². The van der Waals surface area contributed by atoms with Crippen LogP contribution in [0, 0.1) is 11.3 Å². The summed E-state index contributed by atoms with van der Waals surface area (Å²) in [5.74, 6) is -0.386. The molecule has 4 aliphatic rings. The van der Waals surface area contributed by atoms with Gasteiger partial charge in [-0.1, -0.05) is 6.92 Å². The van der Waals surface area contributed by atoms with Crippen LogP contribution in [0.2, 0.25) is 0 Å². The lowest BCUT2D eigenvalue weighted by Gasteiger charge is -2.49. The van der Waals surface area contributed by atoms with E-state index in [1.807, 2.05) is 13.8 Å². The standard InChI is InChI=1S/C21H22O6/c1-20-7-5-12-15(11(20)3-4-13(20)23)17(24)18-16-10(9-26-18)19(25)27-14(6-8-22)21(12,16)2/h9,11,14,22H,3-8H2,1-2H3/t11-,14+,20-,21-/m0/s1. The van der Waals surface area contributed by atoms with Gasteiger partial charge in [-0.25, -0.2) is 4.79 Å². The highest BCUT2D eigenvalue weighted by atomic mass is 16.5. The Hall–Kier alpha value is -2.21. The van der Waals surface area contributed by atoms with Gasteiger partial charge in [-0.15, -0.1) is 0 Å². The molecule has 2 heterocycles. The van der Waals surface area contributed by atoms with Crippen molar-refractivity contribution in [3.63, 3.8) is 0 Å². The molecule has 3 aliphatic carbocycles. The number of esters is 1. The average Bonchev–Trinajstić information content (AvgIpc) is 3.21. The van der Waals surface area contributed by atoms with E-state index in [9.17, 15) is 19.5 Å². The van der Waals surface area contributed by atoms with Gasteiger partial charge in [0.05, 0.1) is 5.41 Å². The summed E-state index contributed by atoms with van der Waals surface area (Å²) in [6.07, 6.45) is 3.52. The first-order chi connectivity index (χ1) is 12.8. The van der Waals surface area contributed by atoms with Gasteiger partial charge in [0.1, 0.15) is 23.7 Å². The molecule has 0 unspecified atom stereocenters. The van der Waals surface area contributed by atoms with E-state index < -0.39 is 22.9 Å². The summed E-state index contributed by atoms with van der Waals surface area (Å²) in [5, 5.41) is 9.55. The molecule has 0 amide bonds. The van der Waals surface area contributed by atoms with Gasteiger partial charge in [0, 0.05) is 41.9 Å². The van der Waals surface area contributed by atoms with E-state index in [1.54, 1.807) is 0 Å². The van der Waals surface area contributed by atoms with Crippen molar-refractivity contribution in [1.29, 1.82) is 0 Å². The van der Waals surface area contributed by atoms with Crippen LogP contribution in [0.1, 0.15) is 72.4 Å². The molecule has 6 nitrogen and oxygen atoms in total. The topological polar surface area (TPSA) is 93.8 Å². The van der Waals surface area contributed by atoms with Crippen molar-refractivity contribution in [2.45, 2.75) is 57.5 Å². The van der Waals surface area contributed by atoms with Gasteiger partial charge in [-0.3, -0.25) is 9.59 Å². The third-order valence-corrected chi connectivity index (χ3v) is 7.53. The summed E-state index contributed by atoms with van der Waals surface area (Å²) in [6, 6.07) is 0. The number of ether oxygens (including phenoxy) is 1. The number of fused-ring (bicyclic) bond motifs is 3. The van der Waals surface area contributed by atoms with Crippen LogP contribution in [0.5, 0.6) is 0 Å². The maximum Gasteiger partial charge on any atom is 0.342 e. The second kappa shape index (κ2) is 5.19. The van der Waals surface area contributed by atoms with Crippen LogP contribution in [0.15, 0.2) is 21.8 Å². The number of cyclic esters (lactones) is 1. The van der Waals surface area contributed by atoms with E-state index >= 15 is 0 Å². The highest BCUT2D eigenvalue weighted by molar-refractivity contribution is 6.14. The minimum Gasteiger partial charge on any atom is -0.460 e. The lowest BCUT2D eigenvalue weighted by molar-refractivity contribution is -0.126. The lowest BCUT2D eigenvalue weighted by Crippen LogP contribution is -2.52. The Bertz CT molecular complexity index is 936. The molecule has 0 spiro atoms. The maximum absolute atomic E-state index is 13.4. The Kier molecular flexibility index (Phi) is 3.25. The molecule has 0 saturated heterocycles. The number of Topliss-reactive ketones (excluding diaryl/α,β-unsaturated/α-hetero) is 2. The van der Waals surface area contributed by atoms with Gasteiger partial charge in [0.25, 0.3) is 0 Å². The monoisotopic (exact) mass is 370 g/mol. The van der Waals surface area contributed by atoms with Crippen LogP contribution < -0.4 is 0 Å². The maximum atomic E-state index is 13.4. The molecule has 1 fully saturated rings. The minimum absolute atomic E-state index is 0.118. The zero-order valence-corrected chi connectivity index (χ0v) is 15.5. The van der Waals surface area contributed by atoms with E-state index in [0.717, 1.165) is 5.57 Å². The van der Waals surface area contributed by atoms with E-state index in [1.165, 1.54) is 6.26 Å². The number of aliphatic hydroxyl groups is 1. The summed E-state index contributed by atoms with van der Waals surface area (Å²) in [7, 11) is 0. The molecule has 0 aromatic carbocycles. The molecule has 0 bridgehead atoms. The molecule has 5 rings (SSSR count). The quantitative estimate of drug-likeness (QED) is 0.805. The van der Waals surface area contributed by atoms with Gasteiger partial charge in [0.2, 0.25) is 5.78 Å². The van der Waals surface area contributed by atoms with Crippen molar-refractivity contribution < 1.29 is 28.6 Å². The number of furan rings is 1. The Morgan fingerprint density at radius 1 is 1.22 bits per heavy atom. The number of ketones is 2. The first-order valence-corrected chi connectivity index (χ1v) is 9.59. The van der Waals surface area contributed by atoms with Crippen molar-refractivity contribution in [1.82, 2.24) is 0 Å². The third kappa shape index (κ3) is 1.82. The SMILES string of the molecule is C[C@]12CCC3=C(C(=O)c4occ5c4[C@]3(C)[C@@H](CCO)OC5=O)[C@@H]1CCC2=O. The number of hydrogen-bond donors (Lipinski definition) is 1. The van der Waals surface area contributed by atoms with Gasteiger partial charge < -0.3 is 14.3 Å². The molecule has 142 valence electrons. The number of allylic oxidation sites excluding steroid dienone is 1. The predicted octanol–water partition coefficient (Wildman–Crippen LogP) is 2.73. The Labute approximate surface area is 156 Å². The summed E-state index contributed by atoms with van der Waals surface area (Å²) < 4.78 is 11.3. The number of carbonyl (C=O) groups excluding carboxylic acids is 3. The molecule has 1 aromatic rings. The van der Waals surface area contributed by atoms with Gasteiger partial charge >= 0.3 is 5.97 Å². The van der Waals surface area contributed by atoms with Crippen molar-refractivity contribution in [2.24, 2.45) is 11.3 Å². The first kappa shape index (κ1) is 16.9. The number of carbonyl (C=O) groups is 3. The molecule has 6 heteroatoms. The summed E-state index contributed by atoms with van der Waals surface area (Å²) in [4.78, 5) is 38.4. The highest BCUT2D eigenvalue weighted by Crippen LogP contribution is 2.60. The summed E-state index contributed by atoms with van der Waals surface area (Å²) in [5.41, 5.74) is 1.35. The summed E-state index contributed by atoms with van der Waals surface area (Å²) >= 11 is 0. The fourth-order valence-electron chi connectivity index (χ4n) is 6.01. The summed E-state index contributed by atoms with van der Waals surface area (Å²) in [6.45, 7) is 3.84. The zero-order chi connectivity index (χ0) is 19.1. The van der Waals surface area contributed by atoms with E-state index in [-0.39, 0.29) is 36.3 Å². The van der Waals surface area contributed by atoms with E-state index in [4.69, 9.17) is 9.15 Å². The Balaban J connectivity index is 1.78. The van der Waals surface area contributed by atoms with Crippen molar-refractivity contribution in [3.05, 3.63) is 34.3 Å². The number of rotatable bonds is 2. The number of hydrogen-bond acceptors (Lipinski definition) is 6. The molecule has 27 heavy (non-hydrogen) atoms. The van der Waals surface area contributed by atoms with Crippen LogP contribution in [0.25, 0.3) is 0 Å². The normalized spacial score (nSPS) is 37.1. The fraction of sp³-hybridized carbons (Fsp3) is 0.571. The second-order valence-corrected chi connectivity index (χ2v) is 8.62.